The van der Waals surface area contributed by atoms with Crippen molar-refractivity contribution in [1.82, 2.24) is 4.57 Å². The van der Waals surface area contributed by atoms with Crippen molar-refractivity contribution in [1.29, 1.82) is 0 Å². The molecule has 0 radical (unpaired) electrons. The van der Waals surface area contributed by atoms with Gasteiger partial charge >= 0.3 is 0 Å². The van der Waals surface area contributed by atoms with E-state index in [1.807, 2.05) is 0 Å². The molecule has 0 spiro atoms. The molecule has 3 rings (SSSR count). The zero-order chi connectivity index (χ0) is 19.6. The van der Waals surface area contributed by atoms with E-state index < -0.39 is 9.84 Å². The number of ether oxygens (including phenoxy) is 1. The maximum Gasteiger partial charge on any atom is 0.253 e. The van der Waals surface area contributed by atoms with Gasteiger partial charge in [-0.3, -0.25) is 4.79 Å². The zero-order valence-electron chi connectivity index (χ0n) is 15.7. The van der Waals surface area contributed by atoms with Gasteiger partial charge in [-0.1, -0.05) is 18.2 Å². The average Bonchev–Trinajstić information content (AvgIpc) is 2.65. The van der Waals surface area contributed by atoms with Gasteiger partial charge in [-0.2, -0.15) is 0 Å². The van der Waals surface area contributed by atoms with Crippen molar-refractivity contribution in [2.75, 3.05) is 5.94 Å². The van der Waals surface area contributed by atoms with E-state index in [2.05, 4.69) is 0 Å². The summed E-state index contributed by atoms with van der Waals surface area (Å²) in [4.78, 5) is 12.2. The van der Waals surface area contributed by atoms with Crippen molar-refractivity contribution in [2.24, 2.45) is 12.8 Å². The van der Waals surface area contributed by atoms with Crippen LogP contribution in [0.1, 0.15) is 31.2 Å². The third-order valence-electron chi connectivity index (χ3n) is 5.07. The Morgan fingerprint density at radius 2 is 1.85 bits per heavy atom. The number of rotatable bonds is 5. The zero-order valence-corrected chi connectivity index (χ0v) is 16.5. The van der Waals surface area contributed by atoms with Crippen LogP contribution in [0.5, 0.6) is 0 Å². The summed E-state index contributed by atoms with van der Waals surface area (Å²) in [6, 6.07) is 8.75. The molecule has 1 aromatic carbocycles. The first-order valence-corrected chi connectivity index (χ1v) is 10.8. The highest BCUT2D eigenvalue weighted by atomic mass is 32.2. The molecule has 0 saturated heterocycles. The normalized spacial score (nSPS) is 20.6. The summed E-state index contributed by atoms with van der Waals surface area (Å²) >= 11 is 0. The fourth-order valence-corrected chi connectivity index (χ4v) is 4.81. The Bertz CT molecular complexity index is 947. The van der Waals surface area contributed by atoms with Gasteiger partial charge in [0.2, 0.25) is 9.84 Å². The van der Waals surface area contributed by atoms with Crippen LogP contribution < -0.4 is 11.3 Å². The van der Waals surface area contributed by atoms with Crippen LogP contribution in [-0.4, -0.2) is 31.1 Å². The first kappa shape index (κ1) is 19.8. The molecule has 6 nitrogen and oxygen atoms in total. The number of pyridine rings is 1. The second kappa shape index (κ2) is 7.96. The molecule has 1 aliphatic carbocycles. The molecule has 2 N–H and O–H groups in total. The lowest BCUT2D eigenvalue weighted by Gasteiger charge is -2.26. The number of sulfone groups is 1. The Labute approximate surface area is 159 Å². The van der Waals surface area contributed by atoms with E-state index in [0.29, 0.717) is 16.7 Å². The molecule has 1 aliphatic rings. The molecule has 1 aromatic heterocycles. The standard InChI is InChI=1S/C20H26N2O4S/c1-14-11-15(12-22(2)20(14)23)18-5-3-4-6-19(18)27(24,25)13-26-17-9-7-16(21)8-10-17/h3-6,11-12,16-17H,7-10,13,21H2,1-2H3. The number of benzene rings is 1. The number of aryl methyl sites for hydroxylation is 2. The molecule has 0 amide bonds. The highest BCUT2D eigenvalue weighted by molar-refractivity contribution is 7.91. The van der Waals surface area contributed by atoms with Crippen molar-refractivity contribution in [3.05, 3.63) is 52.4 Å². The predicted molar refractivity (Wildman–Crippen MR) is 105 cm³/mol. The molecule has 1 fully saturated rings. The van der Waals surface area contributed by atoms with Crippen molar-refractivity contribution in [3.63, 3.8) is 0 Å². The third kappa shape index (κ3) is 4.48. The Hall–Kier alpha value is -1.96. The van der Waals surface area contributed by atoms with Crippen LogP contribution in [0.2, 0.25) is 0 Å². The molecular weight excluding hydrogens is 364 g/mol. The lowest BCUT2D eigenvalue weighted by Crippen LogP contribution is -2.31. The fourth-order valence-electron chi connectivity index (χ4n) is 3.51. The molecule has 0 bridgehead atoms. The highest BCUT2D eigenvalue weighted by Gasteiger charge is 2.24. The number of nitrogens with zero attached hydrogens (tertiary/aromatic N) is 1. The molecule has 0 aliphatic heterocycles. The van der Waals surface area contributed by atoms with Crippen molar-refractivity contribution < 1.29 is 13.2 Å². The Morgan fingerprint density at radius 1 is 1.19 bits per heavy atom. The Morgan fingerprint density at radius 3 is 2.52 bits per heavy atom. The molecule has 0 unspecified atom stereocenters. The van der Waals surface area contributed by atoms with E-state index in [1.165, 1.54) is 4.57 Å². The lowest BCUT2D eigenvalue weighted by atomic mass is 9.94. The highest BCUT2D eigenvalue weighted by Crippen LogP contribution is 2.29. The van der Waals surface area contributed by atoms with Gasteiger partial charge < -0.3 is 15.0 Å². The van der Waals surface area contributed by atoms with Gasteiger partial charge in [-0.05, 0) is 50.3 Å². The van der Waals surface area contributed by atoms with Crippen LogP contribution in [0.4, 0.5) is 0 Å². The van der Waals surface area contributed by atoms with Gasteiger partial charge in [0.15, 0.2) is 5.94 Å². The minimum absolute atomic E-state index is 0.0634. The molecular formula is C20H26N2O4S. The Kier molecular flexibility index (Phi) is 5.83. The van der Waals surface area contributed by atoms with Gasteiger partial charge in [0.05, 0.1) is 11.0 Å². The van der Waals surface area contributed by atoms with Gasteiger partial charge in [0.25, 0.3) is 5.56 Å². The van der Waals surface area contributed by atoms with Gasteiger partial charge in [0, 0.05) is 30.4 Å². The average molecular weight is 391 g/mol. The van der Waals surface area contributed by atoms with E-state index in [1.54, 1.807) is 50.5 Å². The minimum Gasteiger partial charge on any atom is -0.362 e. The number of hydrogen-bond acceptors (Lipinski definition) is 5. The largest absolute Gasteiger partial charge is 0.362 e. The van der Waals surface area contributed by atoms with Crippen molar-refractivity contribution in [3.8, 4) is 11.1 Å². The molecule has 7 heteroatoms. The van der Waals surface area contributed by atoms with Crippen LogP contribution in [-0.2, 0) is 21.6 Å². The van der Waals surface area contributed by atoms with Crippen molar-refractivity contribution >= 4 is 9.84 Å². The maximum atomic E-state index is 13.0. The molecule has 0 atom stereocenters. The first-order chi connectivity index (χ1) is 12.8. The predicted octanol–water partition coefficient (Wildman–Crippen LogP) is 2.38. The summed E-state index contributed by atoms with van der Waals surface area (Å²) in [7, 11) is -1.97. The third-order valence-corrected chi connectivity index (χ3v) is 6.55. The van der Waals surface area contributed by atoms with Crippen LogP contribution in [0.25, 0.3) is 11.1 Å². The molecule has 1 heterocycles. The van der Waals surface area contributed by atoms with Gasteiger partial charge in [-0.15, -0.1) is 0 Å². The first-order valence-electron chi connectivity index (χ1n) is 9.14. The monoisotopic (exact) mass is 390 g/mol. The fraction of sp³-hybridized carbons (Fsp3) is 0.450. The summed E-state index contributed by atoms with van der Waals surface area (Å²) in [6.45, 7) is 1.72. The van der Waals surface area contributed by atoms with Crippen LogP contribution in [0.3, 0.4) is 0 Å². The minimum atomic E-state index is -3.63. The molecule has 146 valence electrons. The summed E-state index contributed by atoms with van der Waals surface area (Å²) in [5, 5.41) is 0. The van der Waals surface area contributed by atoms with E-state index in [4.69, 9.17) is 10.5 Å². The van der Waals surface area contributed by atoms with Crippen molar-refractivity contribution in [2.45, 2.75) is 49.6 Å². The summed E-state index contributed by atoms with van der Waals surface area (Å²) in [5.41, 5.74) is 7.63. The van der Waals surface area contributed by atoms with Crippen LogP contribution in [0.15, 0.2) is 46.2 Å². The van der Waals surface area contributed by atoms with Gasteiger partial charge in [-0.25, -0.2) is 8.42 Å². The van der Waals surface area contributed by atoms with E-state index in [9.17, 15) is 13.2 Å². The molecule has 27 heavy (non-hydrogen) atoms. The summed E-state index contributed by atoms with van der Waals surface area (Å²) in [6.07, 6.45) is 4.90. The van der Waals surface area contributed by atoms with E-state index in [0.717, 1.165) is 25.7 Å². The van der Waals surface area contributed by atoms with Gasteiger partial charge in [0.1, 0.15) is 0 Å². The van der Waals surface area contributed by atoms with Crippen LogP contribution in [0, 0.1) is 6.92 Å². The van der Waals surface area contributed by atoms with Crippen LogP contribution >= 0.6 is 0 Å². The second-order valence-electron chi connectivity index (χ2n) is 7.26. The quantitative estimate of drug-likeness (QED) is 0.846. The SMILES string of the molecule is Cc1cc(-c2ccccc2S(=O)(=O)COC2CCC(N)CC2)cn(C)c1=O. The number of aromatic nitrogens is 1. The second-order valence-corrected chi connectivity index (χ2v) is 9.17. The van der Waals surface area contributed by atoms with E-state index in [-0.39, 0.29) is 28.5 Å². The maximum absolute atomic E-state index is 13.0. The number of hydrogen-bond donors (Lipinski definition) is 1. The molecule has 1 saturated carbocycles. The molecule has 2 aromatic rings. The number of nitrogens with two attached hydrogens (primary N) is 1. The summed E-state index contributed by atoms with van der Waals surface area (Å²) < 4.78 is 33.1. The Balaban J connectivity index is 1.87. The smallest absolute Gasteiger partial charge is 0.253 e. The summed E-state index contributed by atoms with van der Waals surface area (Å²) in [5.74, 6) is -0.353. The lowest BCUT2D eigenvalue weighted by molar-refractivity contribution is 0.0528. The van der Waals surface area contributed by atoms with E-state index >= 15 is 0 Å². The topological polar surface area (TPSA) is 91.4 Å².